The van der Waals surface area contributed by atoms with E-state index in [-0.39, 0.29) is 11.5 Å². The molecular formula is C13H22N2. The molecular weight excluding hydrogens is 184 g/mol. The van der Waals surface area contributed by atoms with E-state index in [0.29, 0.717) is 0 Å². The lowest BCUT2D eigenvalue weighted by molar-refractivity contribution is 0.306. The SMILES string of the molecule is Cc1cncc(CCC(N)C(C)(C)C)c1. The molecule has 0 saturated heterocycles. The lowest BCUT2D eigenvalue weighted by Gasteiger charge is -2.26. The van der Waals surface area contributed by atoms with Crippen LogP contribution in [0.5, 0.6) is 0 Å². The Hall–Kier alpha value is -0.890. The number of aryl methyl sites for hydroxylation is 2. The smallest absolute Gasteiger partial charge is 0.0300 e. The lowest BCUT2D eigenvalue weighted by atomic mass is 9.84. The second-order valence-corrected chi connectivity index (χ2v) is 5.38. The lowest BCUT2D eigenvalue weighted by Crippen LogP contribution is -2.35. The fraction of sp³-hybridized carbons (Fsp3) is 0.615. The highest BCUT2D eigenvalue weighted by molar-refractivity contribution is 5.16. The maximum Gasteiger partial charge on any atom is 0.0300 e. The summed E-state index contributed by atoms with van der Waals surface area (Å²) in [4.78, 5) is 4.18. The molecule has 15 heavy (non-hydrogen) atoms. The maximum atomic E-state index is 6.12. The maximum absolute atomic E-state index is 6.12. The van der Waals surface area contributed by atoms with Crippen molar-refractivity contribution in [1.82, 2.24) is 4.98 Å². The molecule has 0 amide bonds. The van der Waals surface area contributed by atoms with E-state index in [1.165, 1.54) is 11.1 Å². The number of rotatable bonds is 3. The van der Waals surface area contributed by atoms with E-state index in [1.54, 1.807) is 0 Å². The van der Waals surface area contributed by atoms with E-state index in [4.69, 9.17) is 5.73 Å². The van der Waals surface area contributed by atoms with E-state index >= 15 is 0 Å². The Kier molecular flexibility index (Phi) is 3.86. The van der Waals surface area contributed by atoms with Gasteiger partial charge in [0.25, 0.3) is 0 Å². The number of nitrogens with two attached hydrogens (primary N) is 1. The highest BCUT2D eigenvalue weighted by Crippen LogP contribution is 2.21. The first-order valence-electron chi connectivity index (χ1n) is 5.55. The highest BCUT2D eigenvalue weighted by Gasteiger charge is 2.19. The molecule has 0 aliphatic carbocycles. The molecule has 2 heteroatoms. The first-order valence-corrected chi connectivity index (χ1v) is 5.55. The van der Waals surface area contributed by atoms with Crippen molar-refractivity contribution in [3.05, 3.63) is 29.6 Å². The van der Waals surface area contributed by atoms with E-state index in [1.807, 2.05) is 12.4 Å². The number of hydrogen-bond donors (Lipinski definition) is 1. The Morgan fingerprint density at radius 1 is 1.33 bits per heavy atom. The van der Waals surface area contributed by atoms with E-state index in [9.17, 15) is 0 Å². The standard InChI is InChI=1S/C13H22N2/c1-10-7-11(9-15-8-10)5-6-12(14)13(2,3)4/h7-9,12H,5-6,14H2,1-4H3. The molecule has 2 nitrogen and oxygen atoms in total. The summed E-state index contributed by atoms with van der Waals surface area (Å²) in [5.74, 6) is 0. The van der Waals surface area contributed by atoms with Crippen molar-refractivity contribution in [2.24, 2.45) is 11.1 Å². The zero-order valence-corrected chi connectivity index (χ0v) is 10.2. The van der Waals surface area contributed by atoms with Crippen LogP contribution in [0, 0.1) is 12.3 Å². The van der Waals surface area contributed by atoms with E-state index in [0.717, 1.165) is 12.8 Å². The second kappa shape index (κ2) is 4.75. The zero-order valence-electron chi connectivity index (χ0n) is 10.2. The third-order valence-corrected chi connectivity index (χ3v) is 2.79. The van der Waals surface area contributed by atoms with Gasteiger partial charge >= 0.3 is 0 Å². The molecule has 84 valence electrons. The van der Waals surface area contributed by atoms with Crippen LogP contribution in [-0.2, 0) is 6.42 Å². The first kappa shape index (κ1) is 12.2. The number of nitrogens with zero attached hydrogens (tertiary/aromatic N) is 1. The Morgan fingerprint density at radius 3 is 2.53 bits per heavy atom. The van der Waals surface area contributed by atoms with Crippen LogP contribution in [0.15, 0.2) is 18.5 Å². The van der Waals surface area contributed by atoms with Crippen molar-refractivity contribution < 1.29 is 0 Å². The zero-order chi connectivity index (χ0) is 11.5. The van der Waals surface area contributed by atoms with Crippen LogP contribution >= 0.6 is 0 Å². The second-order valence-electron chi connectivity index (χ2n) is 5.38. The van der Waals surface area contributed by atoms with Gasteiger partial charge < -0.3 is 5.73 Å². The van der Waals surface area contributed by atoms with Crippen LogP contribution < -0.4 is 5.73 Å². The summed E-state index contributed by atoms with van der Waals surface area (Å²) in [5, 5.41) is 0. The molecule has 0 aliphatic rings. The Balaban J connectivity index is 2.51. The summed E-state index contributed by atoms with van der Waals surface area (Å²) in [6.07, 6.45) is 5.86. The summed E-state index contributed by atoms with van der Waals surface area (Å²) in [5.41, 5.74) is 8.81. The Bertz CT molecular complexity index is 313. The minimum absolute atomic E-state index is 0.192. The molecule has 1 atom stereocenters. The third kappa shape index (κ3) is 4.00. The van der Waals surface area contributed by atoms with Gasteiger partial charge in [0.05, 0.1) is 0 Å². The van der Waals surface area contributed by atoms with Gasteiger partial charge in [-0.25, -0.2) is 0 Å². The van der Waals surface area contributed by atoms with Crippen LogP contribution in [-0.4, -0.2) is 11.0 Å². The fourth-order valence-electron chi connectivity index (χ4n) is 1.51. The predicted molar refractivity (Wildman–Crippen MR) is 64.7 cm³/mol. The van der Waals surface area contributed by atoms with Gasteiger partial charge in [-0.05, 0) is 36.3 Å². The van der Waals surface area contributed by atoms with Gasteiger partial charge in [0, 0.05) is 18.4 Å². The summed E-state index contributed by atoms with van der Waals surface area (Å²) < 4.78 is 0. The minimum Gasteiger partial charge on any atom is -0.327 e. The average Bonchev–Trinajstić information content (AvgIpc) is 2.12. The van der Waals surface area contributed by atoms with E-state index in [2.05, 4.69) is 38.7 Å². The van der Waals surface area contributed by atoms with E-state index < -0.39 is 0 Å². The molecule has 0 radical (unpaired) electrons. The van der Waals surface area contributed by atoms with Crippen LogP contribution in [0.2, 0.25) is 0 Å². The average molecular weight is 206 g/mol. The molecule has 0 bridgehead atoms. The minimum atomic E-state index is 0.192. The first-order chi connectivity index (χ1) is 6.89. The molecule has 1 unspecified atom stereocenters. The van der Waals surface area contributed by atoms with Crippen molar-refractivity contribution in [1.29, 1.82) is 0 Å². The molecule has 0 spiro atoms. The molecule has 0 fully saturated rings. The van der Waals surface area contributed by atoms with Crippen molar-refractivity contribution in [3.8, 4) is 0 Å². The van der Waals surface area contributed by atoms with Crippen LogP contribution in [0.3, 0.4) is 0 Å². The van der Waals surface area contributed by atoms with Crippen molar-refractivity contribution in [2.45, 2.75) is 46.6 Å². The molecule has 0 saturated carbocycles. The topological polar surface area (TPSA) is 38.9 Å². The molecule has 0 aromatic carbocycles. The van der Waals surface area contributed by atoms with Gasteiger partial charge in [-0.15, -0.1) is 0 Å². The molecule has 1 rings (SSSR count). The summed E-state index contributed by atoms with van der Waals surface area (Å²) in [6.45, 7) is 8.63. The van der Waals surface area contributed by atoms with Crippen molar-refractivity contribution in [2.75, 3.05) is 0 Å². The molecule has 1 heterocycles. The van der Waals surface area contributed by atoms with Gasteiger partial charge in [-0.2, -0.15) is 0 Å². The summed E-state index contributed by atoms with van der Waals surface area (Å²) in [6, 6.07) is 2.43. The summed E-state index contributed by atoms with van der Waals surface area (Å²) in [7, 11) is 0. The predicted octanol–water partition coefficient (Wildman–Crippen LogP) is 2.70. The van der Waals surface area contributed by atoms with Crippen LogP contribution in [0.4, 0.5) is 0 Å². The third-order valence-electron chi connectivity index (χ3n) is 2.79. The van der Waals surface area contributed by atoms with Crippen LogP contribution in [0.25, 0.3) is 0 Å². The van der Waals surface area contributed by atoms with Gasteiger partial charge in [0.2, 0.25) is 0 Å². The summed E-state index contributed by atoms with van der Waals surface area (Å²) >= 11 is 0. The van der Waals surface area contributed by atoms with Gasteiger partial charge in [-0.1, -0.05) is 26.8 Å². The van der Waals surface area contributed by atoms with Crippen molar-refractivity contribution >= 4 is 0 Å². The number of pyridine rings is 1. The molecule has 1 aromatic rings. The van der Waals surface area contributed by atoms with Crippen molar-refractivity contribution in [3.63, 3.8) is 0 Å². The molecule has 0 aliphatic heterocycles. The number of hydrogen-bond acceptors (Lipinski definition) is 2. The van der Waals surface area contributed by atoms with Gasteiger partial charge in [0.1, 0.15) is 0 Å². The van der Waals surface area contributed by atoms with Gasteiger partial charge in [-0.3, -0.25) is 4.98 Å². The largest absolute Gasteiger partial charge is 0.327 e. The normalized spacial score (nSPS) is 13.9. The number of aromatic nitrogens is 1. The molecule has 2 N–H and O–H groups in total. The Morgan fingerprint density at radius 2 is 2.00 bits per heavy atom. The van der Waals surface area contributed by atoms with Crippen LogP contribution in [0.1, 0.15) is 38.3 Å². The fourth-order valence-corrected chi connectivity index (χ4v) is 1.51. The monoisotopic (exact) mass is 206 g/mol. The van der Waals surface area contributed by atoms with Gasteiger partial charge in [0.15, 0.2) is 0 Å². The Labute approximate surface area is 92.9 Å². The highest BCUT2D eigenvalue weighted by atomic mass is 14.7. The quantitative estimate of drug-likeness (QED) is 0.826. The molecule has 1 aromatic heterocycles.